The van der Waals surface area contributed by atoms with Crippen LogP contribution in [0.4, 0.5) is 0 Å². The summed E-state index contributed by atoms with van der Waals surface area (Å²) in [6, 6.07) is 0. The van der Waals surface area contributed by atoms with Crippen LogP contribution < -0.4 is 0 Å². The maximum absolute atomic E-state index is 12.4. The number of hydrogen-bond acceptors (Lipinski definition) is 5. The van der Waals surface area contributed by atoms with Gasteiger partial charge in [-0.25, -0.2) is 13.2 Å². The summed E-state index contributed by atoms with van der Waals surface area (Å²) >= 11 is 0. The van der Waals surface area contributed by atoms with Crippen LogP contribution in [0.25, 0.3) is 0 Å². The van der Waals surface area contributed by atoms with Gasteiger partial charge in [0.25, 0.3) is 0 Å². The van der Waals surface area contributed by atoms with E-state index in [2.05, 4.69) is 10.2 Å². The van der Waals surface area contributed by atoms with Gasteiger partial charge in [-0.3, -0.25) is 5.10 Å². The third kappa shape index (κ3) is 2.36. The highest BCUT2D eigenvalue weighted by Gasteiger charge is 2.41. The molecule has 1 aliphatic rings. The molecule has 0 aromatic carbocycles. The lowest BCUT2D eigenvalue weighted by Gasteiger charge is -2.18. The molecule has 19 heavy (non-hydrogen) atoms. The van der Waals surface area contributed by atoms with E-state index in [0.29, 0.717) is 6.42 Å². The van der Waals surface area contributed by atoms with Crippen LogP contribution in [0.5, 0.6) is 0 Å². The molecule has 1 aromatic heterocycles. The van der Waals surface area contributed by atoms with Gasteiger partial charge in [0.2, 0.25) is 10.0 Å². The Bertz CT molecular complexity index is 619. The van der Waals surface area contributed by atoms with Gasteiger partial charge >= 0.3 is 5.97 Å². The lowest BCUT2D eigenvalue weighted by atomic mass is 10.1. The van der Waals surface area contributed by atoms with Crippen LogP contribution in [0.1, 0.15) is 29.5 Å². The molecule has 0 spiro atoms. The average Bonchev–Trinajstić information content (AvgIpc) is 2.82. The number of nitrogens with one attached hydrogen (secondary N) is 1. The van der Waals surface area contributed by atoms with Gasteiger partial charge < -0.3 is 10.2 Å². The molecule has 1 saturated heterocycles. The quantitative estimate of drug-likeness (QED) is 0.693. The molecule has 0 radical (unpaired) electrons. The van der Waals surface area contributed by atoms with E-state index in [9.17, 15) is 18.3 Å². The van der Waals surface area contributed by atoms with E-state index in [0.717, 1.165) is 4.31 Å². The number of aryl methyl sites for hydroxylation is 1. The fraction of sp³-hybridized carbons (Fsp3) is 0.600. The fourth-order valence-corrected chi connectivity index (χ4v) is 3.97. The zero-order valence-electron chi connectivity index (χ0n) is 10.5. The number of aliphatic hydroxyl groups is 1. The highest BCUT2D eigenvalue weighted by molar-refractivity contribution is 7.89. The van der Waals surface area contributed by atoms with Crippen molar-refractivity contribution >= 4 is 16.0 Å². The number of carboxylic acid groups (broad SMARTS) is 1. The number of sulfonamides is 1. The standard InChI is InChI=1S/C10H15N3O5S/c1-6-8(7(9(14)15)12-11-6)19(17,18)13-4-3-10(2,16)5-13/h16H,3-5H2,1-2H3,(H,11,12)(H,14,15). The first kappa shape index (κ1) is 14.0. The molecule has 1 fully saturated rings. The predicted octanol–water partition coefficient (Wildman–Crippen LogP) is -0.438. The minimum Gasteiger partial charge on any atom is -0.476 e. The molecule has 1 aromatic rings. The summed E-state index contributed by atoms with van der Waals surface area (Å²) in [6.45, 7) is 3.08. The Balaban J connectivity index is 2.47. The molecule has 0 saturated carbocycles. The molecule has 0 amide bonds. The zero-order chi connectivity index (χ0) is 14.4. The number of aromatic nitrogens is 2. The van der Waals surface area contributed by atoms with Gasteiger partial charge in [0.05, 0.1) is 11.3 Å². The largest absolute Gasteiger partial charge is 0.476 e. The van der Waals surface area contributed by atoms with Crippen molar-refractivity contribution in [1.82, 2.24) is 14.5 Å². The maximum atomic E-state index is 12.4. The number of aromatic amines is 1. The molecule has 1 aliphatic heterocycles. The summed E-state index contributed by atoms with van der Waals surface area (Å²) in [5, 5.41) is 24.7. The van der Waals surface area contributed by atoms with Crippen molar-refractivity contribution in [2.75, 3.05) is 13.1 Å². The van der Waals surface area contributed by atoms with E-state index in [4.69, 9.17) is 5.11 Å². The predicted molar refractivity (Wildman–Crippen MR) is 64.3 cm³/mol. The van der Waals surface area contributed by atoms with E-state index >= 15 is 0 Å². The second-order valence-corrected chi connectivity index (χ2v) is 6.79. The van der Waals surface area contributed by atoms with Crippen LogP contribution in [-0.4, -0.2) is 57.8 Å². The first-order valence-corrected chi connectivity index (χ1v) is 7.10. The van der Waals surface area contributed by atoms with Gasteiger partial charge in [-0.2, -0.15) is 9.40 Å². The molecule has 1 atom stereocenters. The third-order valence-electron chi connectivity index (χ3n) is 3.11. The summed E-state index contributed by atoms with van der Waals surface area (Å²) in [5.41, 5.74) is -1.44. The fourth-order valence-electron chi connectivity index (χ4n) is 2.12. The average molecular weight is 289 g/mol. The topological polar surface area (TPSA) is 124 Å². The van der Waals surface area contributed by atoms with E-state index in [1.807, 2.05) is 0 Å². The summed E-state index contributed by atoms with van der Waals surface area (Å²) in [6.07, 6.45) is 0.311. The Kier molecular flexibility index (Phi) is 3.15. The number of β-amino-alcohol motifs (C(OH)–C–C–N with tert-alkyl or cyclic N) is 1. The second-order valence-electron chi connectivity index (χ2n) is 4.92. The van der Waals surface area contributed by atoms with E-state index in [1.165, 1.54) is 6.92 Å². The third-order valence-corrected chi connectivity index (χ3v) is 5.12. The number of nitrogens with zero attached hydrogens (tertiary/aromatic N) is 2. The molecule has 2 heterocycles. The smallest absolute Gasteiger partial charge is 0.357 e. The number of hydrogen-bond donors (Lipinski definition) is 3. The van der Waals surface area contributed by atoms with Gasteiger partial charge in [-0.15, -0.1) is 0 Å². The van der Waals surface area contributed by atoms with Crippen molar-refractivity contribution in [2.45, 2.75) is 30.8 Å². The van der Waals surface area contributed by atoms with Crippen molar-refractivity contribution in [3.05, 3.63) is 11.4 Å². The molecular weight excluding hydrogens is 274 g/mol. The Hall–Kier alpha value is -1.45. The van der Waals surface area contributed by atoms with Gasteiger partial charge in [-0.1, -0.05) is 0 Å². The summed E-state index contributed by atoms with van der Waals surface area (Å²) < 4.78 is 25.9. The number of aromatic carboxylic acids is 1. The second kappa shape index (κ2) is 4.29. The lowest BCUT2D eigenvalue weighted by Crippen LogP contribution is -2.34. The van der Waals surface area contributed by atoms with Gasteiger partial charge in [0.15, 0.2) is 5.69 Å². The highest BCUT2D eigenvalue weighted by Crippen LogP contribution is 2.29. The van der Waals surface area contributed by atoms with Crippen LogP contribution in [0.3, 0.4) is 0 Å². The van der Waals surface area contributed by atoms with Gasteiger partial charge in [0, 0.05) is 13.1 Å². The van der Waals surface area contributed by atoms with Crippen LogP contribution in [0, 0.1) is 6.92 Å². The first-order chi connectivity index (χ1) is 8.65. The van der Waals surface area contributed by atoms with Crippen LogP contribution in [0.2, 0.25) is 0 Å². The molecule has 106 valence electrons. The minimum atomic E-state index is -3.97. The number of carbonyl (C=O) groups is 1. The van der Waals surface area contributed by atoms with E-state index in [1.54, 1.807) is 6.92 Å². The molecule has 0 bridgehead atoms. The van der Waals surface area contributed by atoms with Crippen molar-refractivity contribution < 1.29 is 23.4 Å². The Morgan fingerprint density at radius 3 is 2.63 bits per heavy atom. The van der Waals surface area contributed by atoms with Crippen molar-refractivity contribution in [3.8, 4) is 0 Å². The molecule has 1 unspecified atom stereocenters. The Morgan fingerprint density at radius 2 is 2.16 bits per heavy atom. The van der Waals surface area contributed by atoms with E-state index in [-0.39, 0.29) is 23.7 Å². The minimum absolute atomic E-state index is 0.0565. The van der Waals surface area contributed by atoms with Crippen LogP contribution >= 0.6 is 0 Å². The molecule has 9 heteroatoms. The Labute approximate surface area is 110 Å². The highest BCUT2D eigenvalue weighted by atomic mass is 32.2. The van der Waals surface area contributed by atoms with E-state index < -0.39 is 27.3 Å². The number of carboxylic acids is 1. The maximum Gasteiger partial charge on any atom is 0.357 e. The van der Waals surface area contributed by atoms with Crippen molar-refractivity contribution in [1.29, 1.82) is 0 Å². The van der Waals surface area contributed by atoms with Gasteiger partial charge in [-0.05, 0) is 20.3 Å². The normalized spacial score (nSPS) is 24.8. The lowest BCUT2D eigenvalue weighted by molar-refractivity contribution is 0.0686. The molecular formula is C10H15N3O5S. The number of rotatable bonds is 3. The number of H-pyrrole nitrogens is 1. The zero-order valence-corrected chi connectivity index (χ0v) is 11.4. The van der Waals surface area contributed by atoms with Crippen molar-refractivity contribution in [2.24, 2.45) is 0 Å². The molecule has 2 rings (SSSR count). The van der Waals surface area contributed by atoms with Crippen LogP contribution in [0.15, 0.2) is 4.90 Å². The Morgan fingerprint density at radius 1 is 1.53 bits per heavy atom. The summed E-state index contributed by atoms with van der Waals surface area (Å²) in [5.74, 6) is -1.41. The molecule has 0 aliphatic carbocycles. The van der Waals surface area contributed by atoms with Crippen molar-refractivity contribution in [3.63, 3.8) is 0 Å². The molecule has 8 nitrogen and oxygen atoms in total. The molecule has 3 N–H and O–H groups in total. The van der Waals surface area contributed by atoms with Gasteiger partial charge in [0.1, 0.15) is 4.90 Å². The SMILES string of the molecule is Cc1[nH]nc(C(=O)O)c1S(=O)(=O)N1CCC(C)(O)C1. The monoisotopic (exact) mass is 289 g/mol. The van der Waals surface area contributed by atoms with Crippen LogP contribution in [-0.2, 0) is 10.0 Å². The summed E-state index contributed by atoms with van der Waals surface area (Å²) in [4.78, 5) is 10.7. The first-order valence-electron chi connectivity index (χ1n) is 5.66. The summed E-state index contributed by atoms with van der Waals surface area (Å²) in [7, 11) is -3.97.